The van der Waals surface area contributed by atoms with E-state index in [9.17, 15) is 0 Å². The van der Waals surface area contributed by atoms with Crippen LogP contribution in [0.4, 0.5) is 17.1 Å². The van der Waals surface area contributed by atoms with Gasteiger partial charge >= 0.3 is 0 Å². The van der Waals surface area contributed by atoms with Crippen LogP contribution in [0.1, 0.15) is 25.0 Å². The van der Waals surface area contributed by atoms with Crippen molar-refractivity contribution in [2.24, 2.45) is 0 Å². The largest absolute Gasteiger partial charge is 0.456 e. The number of benzene rings is 7. The first kappa shape index (κ1) is 29.0. The zero-order valence-electron chi connectivity index (χ0n) is 27.7. The number of anilines is 3. The van der Waals surface area contributed by atoms with Gasteiger partial charge in [-0.3, -0.25) is 0 Å². The minimum absolute atomic E-state index is 0.0606. The van der Waals surface area contributed by atoms with Crippen molar-refractivity contribution in [2.45, 2.75) is 19.3 Å². The third-order valence-corrected chi connectivity index (χ3v) is 11.4. The minimum atomic E-state index is -0.0606. The van der Waals surface area contributed by atoms with Crippen LogP contribution < -0.4 is 4.90 Å². The number of aromatic nitrogens is 1. The van der Waals surface area contributed by atoms with E-state index in [2.05, 4.69) is 170 Å². The number of rotatable bonds is 5. The molecule has 1 aliphatic rings. The van der Waals surface area contributed by atoms with Gasteiger partial charge in [-0.2, -0.15) is 0 Å². The van der Waals surface area contributed by atoms with Crippen molar-refractivity contribution in [3.63, 3.8) is 0 Å². The molecule has 0 N–H and O–H groups in total. The van der Waals surface area contributed by atoms with Crippen LogP contribution in [0, 0.1) is 0 Å². The second kappa shape index (κ2) is 11.0. The number of hydrogen-bond donors (Lipinski definition) is 0. The Kier molecular flexibility index (Phi) is 6.39. The average molecular weight is 661 g/mol. The van der Waals surface area contributed by atoms with E-state index in [0.717, 1.165) is 59.8 Å². The first-order chi connectivity index (χ1) is 24.5. The Balaban J connectivity index is 1.16. The topological polar surface area (TPSA) is 29.3 Å². The SMILES string of the molecule is CC1(C)c2ccccc2-c2cc(N(c3ccc4c(c3)oc3cc5nc(-c6ccccc6)sc5cc34)c3ccccc3-c3ccccc3)ccc21. The molecule has 238 valence electrons. The lowest BCUT2D eigenvalue weighted by molar-refractivity contribution is 0.660. The van der Waals surface area contributed by atoms with Crippen LogP contribution in [0.5, 0.6) is 0 Å². The Labute approximate surface area is 294 Å². The van der Waals surface area contributed by atoms with E-state index < -0.39 is 0 Å². The zero-order valence-corrected chi connectivity index (χ0v) is 28.5. The molecule has 0 bridgehead atoms. The molecule has 0 saturated heterocycles. The van der Waals surface area contributed by atoms with Gasteiger partial charge in [0.25, 0.3) is 0 Å². The van der Waals surface area contributed by atoms with Crippen LogP contribution >= 0.6 is 11.3 Å². The summed E-state index contributed by atoms with van der Waals surface area (Å²) in [6, 6.07) is 56.5. The molecule has 50 heavy (non-hydrogen) atoms. The summed E-state index contributed by atoms with van der Waals surface area (Å²) in [4.78, 5) is 7.36. The van der Waals surface area contributed by atoms with Crippen LogP contribution in [0.2, 0.25) is 0 Å². The third-order valence-electron chi connectivity index (χ3n) is 10.3. The summed E-state index contributed by atoms with van der Waals surface area (Å²) in [5, 5.41) is 3.23. The van der Waals surface area contributed by atoms with Crippen molar-refractivity contribution in [2.75, 3.05) is 4.90 Å². The highest BCUT2D eigenvalue weighted by Crippen LogP contribution is 2.51. The summed E-state index contributed by atoms with van der Waals surface area (Å²) in [7, 11) is 0. The zero-order chi connectivity index (χ0) is 33.4. The molecular weight excluding hydrogens is 629 g/mol. The number of nitrogens with zero attached hydrogens (tertiary/aromatic N) is 2. The van der Waals surface area contributed by atoms with Crippen molar-refractivity contribution in [1.82, 2.24) is 4.98 Å². The van der Waals surface area contributed by atoms with Crippen molar-refractivity contribution in [3.8, 4) is 32.8 Å². The summed E-state index contributed by atoms with van der Waals surface area (Å²) < 4.78 is 7.79. The highest BCUT2D eigenvalue weighted by molar-refractivity contribution is 7.21. The lowest BCUT2D eigenvalue weighted by Gasteiger charge is -2.29. The monoisotopic (exact) mass is 660 g/mol. The van der Waals surface area contributed by atoms with Crippen molar-refractivity contribution in [3.05, 3.63) is 169 Å². The molecule has 0 atom stereocenters. The second-order valence-electron chi connectivity index (χ2n) is 13.6. The molecule has 3 nitrogen and oxygen atoms in total. The van der Waals surface area contributed by atoms with E-state index in [1.165, 1.54) is 33.4 Å². The standard InChI is InChI=1S/C46H32N2OS/c1-46(2)38-19-11-9-18-34(38)36-25-31(22-24-39(36)46)48(41-20-12-10-17-33(41)29-13-5-3-6-14-29)32-21-23-35-37-27-44-40(28-43(37)49-42(35)26-32)47-45(50-44)30-15-7-4-8-16-30/h3-28H,1-2H3. The van der Waals surface area contributed by atoms with Crippen LogP contribution in [-0.2, 0) is 5.41 Å². The number of para-hydroxylation sites is 1. The molecule has 1 aliphatic carbocycles. The molecule has 0 fully saturated rings. The Morgan fingerprint density at radius 2 is 1.18 bits per heavy atom. The van der Waals surface area contributed by atoms with E-state index in [4.69, 9.17) is 9.40 Å². The Bertz CT molecular complexity index is 2740. The molecule has 4 heteroatoms. The molecule has 7 aromatic carbocycles. The van der Waals surface area contributed by atoms with Gasteiger partial charge in [-0.1, -0.05) is 123 Å². The Hall–Kier alpha value is -5.97. The Morgan fingerprint density at radius 1 is 0.540 bits per heavy atom. The van der Waals surface area contributed by atoms with E-state index in [0.29, 0.717) is 0 Å². The molecule has 0 saturated carbocycles. The van der Waals surface area contributed by atoms with Crippen LogP contribution in [0.25, 0.3) is 65.0 Å². The molecule has 2 heterocycles. The van der Waals surface area contributed by atoms with Gasteiger partial charge in [-0.25, -0.2) is 4.98 Å². The van der Waals surface area contributed by atoms with E-state index in [1.807, 2.05) is 6.07 Å². The highest BCUT2D eigenvalue weighted by atomic mass is 32.1. The van der Waals surface area contributed by atoms with Gasteiger partial charge in [-0.05, 0) is 64.2 Å². The second-order valence-corrected chi connectivity index (χ2v) is 14.6. The fourth-order valence-corrected chi connectivity index (χ4v) is 8.83. The molecule has 9 aromatic rings. The highest BCUT2D eigenvalue weighted by Gasteiger charge is 2.35. The molecular formula is C46H32N2OS. The fraction of sp³-hybridized carbons (Fsp3) is 0.0652. The van der Waals surface area contributed by atoms with Gasteiger partial charge in [0.15, 0.2) is 0 Å². The molecule has 10 rings (SSSR count). The van der Waals surface area contributed by atoms with E-state index in [-0.39, 0.29) is 5.41 Å². The quantitative estimate of drug-likeness (QED) is 0.184. The van der Waals surface area contributed by atoms with Crippen LogP contribution in [-0.4, -0.2) is 4.98 Å². The predicted octanol–water partition coefficient (Wildman–Crippen LogP) is 13.3. The molecule has 0 amide bonds. The summed E-state index contributed by atoms with van der Waals surface area (Å²) in [5.41, 5.74) is 14.7. The molecule has 0 spiro atoms. The normalized spacial score (nSPS) is 13.2. The maximum atomic E-state index is 6.64. The van der Waals surface area contributed by atoms with Crippen molar-refractivity contribution in [1.29, 1.82) is 0 Å². The van der Waals surface area contributed by atoms with Gasteiger partial charge < -0.3 is 9.32 Å². The smallest absolute Gasteiger partial charge is 0.137 e. The van der Waals surface area contributed by atoms with Gasteiger partial charge in [0.2, 0.25) is 0 Å². The maximum absolute atomic E-state index is 6.64. The first-order valence-electron chi connectivity index (χ1n) is 17.0. The average Bonchev–Trinajstić information content (AvgIpc) is 3.81. The van der Waals surface area contributed by atoms with E-state index >= 15 is 0 Å². The lowest BCUT2D eigenvalue weighted by Crippen LogP contribution is -2.15. The molecule has 0 radical (unpaired) electrons. The summed E-state index contributed by atoms with van der Waals surface area (Å²) in [5.74, 6) is 0. The van der Waals surface area contributed by atoms with Crippen LogP contribution in [0.3, 0.4) is 0 Å². The third kappa shape index (κ3) is 4.45. The van der Waals surface area contributed by atoms with Crippen molar-refractivity contribution < 1.29 is 4.42 Å². The van der Waals surface area contributed by atoms with Crippen molar-refractivity contribution >= 4 is 60.6 Å². The number of hydrogen-bond acceptors (Lipinski definition) is 4. The fourth-order valence-electron chi connectivity index (χ4n) is 7.83. The number of thiazole rings is 1. The first-order valence-corrected chi connectivity index (χ1v) is 17.9. The van der Waals surface area contributed by atoms with E-state index in [1.54, 1.807) is 11.3 Å². The van der Waals surface area contributed by atoms with Gasteiger partial charge in [0.1, 0.15) is 16.2 Å². The molecule has 0 unspecified atom stereocenters. The maximum Gasteiger partial charge on any atom is 0.137 e. The summed E-state index contributed by atoms with van der Waals surface area (Å²) >= 11 is 1.72. The Morgan fingerprint density at radius 3 is 2.00 bits per heavy atom. The van der Waals surface area contributed by atoms with Crippen LogP contribution in [0.15, 0.2) is 162 Å². The summed E-state index contributed by atoms with van der Waals surface area (Å²) in [6.45, 7) is 4.66. The molecule has 2 aromatic heterocycles. The number of furan rings is 1. The van der Waals surface area contributed by atoms with Gasteiger partial charge in [0, 0.05) is 50.8 Å². The predicted molar refractivity (Wildman–Crippen MR) is 210 cm³/mol. The number of fused-ring (bicyclic) bond motifs is 7. The van der Waals surface area contributed by atoms with Gasteiger partial charge in [-0.15, -0.1) is 11.3 Å². The molecule has 0 aliphatic heterocycles. The lowest BCUT2D eigenvalue weighted by atomic mass is 9.82. The summed E-state index contributed by atoms with van der Waals surface area (Å²) in [6.07, 6.45) is 0. The minimum Gasteiger partial charge on any atom is -0.456 e. The van der Waals surface area contributed by atoms with Gasteiger partial charge in [0.05, 0.1) is 15.9 Å².